The number of aryl methyl sites for hydroxylation is 1. The van der Waals surface area contributed by atoms with Crippen LogP contribution in [0.3, 0.4) is 0 Å². The van der Waals surface area contributed by atoms with Gasteiger partial charge in [-0.05, 0) is 69.0 Å². The van der Waals surface area contributed by atoms with Gasteiger partial charge in [-0.2, -0.15) is 5.26 Å². The third-order valence-electron chi connectivity index (χ3n) is 5.47. The molecule has 9 nitrogen and oxygen atoms in total. The normalized spacial score (nSPS) is 17.0. The number of rotatable bonds is 5. The predicted molar refractivity (Wildman–Crippen MR) is 128 cm³/mol. The maximum absolute atomic E-state index is 12.5. The van der Waals surface area contributed by atoms with Crippen molar-refractivity contribution in [2.75, 3.05) is 10.6 Å². The van der Waals surface area contributed by atoms with E-state index in [-0.39, 0.29) is 23.6 Å². The fourth-order valence-corrected chi connectivity index (χ4v) is 3.72. The zero-order chi connectivity index (χ0) is 24.5. The zero-order valence-corrected chi connectivity index (χ0v) is 19.5. The van der Waals surface area contributed by atoms with Crippen molar-refractivity contribution in [2.24, 2.45) is 11.8 Å². The molecular formula is C25H26N6O3. The van der Waals surface area contributed by atoms with Crippen LogP contribution in [0.4, 0.5) is 16.3 Å². The largest absolute Gasteiger partial charge is 0.444 e. The molecule has 2 N–H and O–H groups in total. The van der Waals surface area contributed by atoms with Crippen molar-refractivity contribution in [2.45, 2.75) is 46.1 Å². The first kappa shape index (κ1) is 23.1. The monoisotopic (exact) mass is 458 g/mol. The lowest BCUT2D eigenvalue weighted by molar-refractivity contribution is -0.117. The van der Waals surface area contributed by atoms with Crippen LogP contribution in [0.5, 0.6) is 0 Å². The molecule has 1 fully saturated rings. The number of aromatic nitrogens is 3. The molecule has 34 heavy (non-hydrogen) atoms. The summed E-state index contributed by atoms with van der Waals surface area (Å²) >= 11 is 0. The molecule has 0 radical (unpaired) electrons. The second-order valence-corrected chi connectivity index (χ2v) is 9.27. The van der Waals surface area contributed by atoms with Gasteiger partial charge in [-0.25, -0.2) is 4.79 Å². The third kappa shape index (κ3) is 5.12. The van der Waals surface area contributed by atoms with Gasteiger partial charge in [0.25, 0.3) is 0 Å². The highest BCUT2D eigenvalue weighted by Gasteiger charge is 2.43. The van der Waals surface area contributed by atoms with Crippen LogP contribution in [-0.2, 0) is 16.0 Å². The fraction of sp³-hybridized carbons (Fsp3) is 0.360. The molecule has 174 valence electrons. The Morgan fingerprint density at radius 2 is 2.00 bits per heavy atom. The molecule has 0 saturated heterocycles. The Bertz CT molecular complexity index is 1310. The van der Waals surface area contributed by atoms with Gasteiger partial charge in [0.05, 0.1) is 23.6 Å². The van der Waals surface area contributed by atoms with Crippen molar-refractivity contribution in [3.63, 3.8) is 0 Å². The van der Waals surface area contributed by atoms with Crippen LogP contribution in [0.25, 0.3) is 22.0 Å². The summed E-state index contributed by atoms with van der Waals surface area (Å²) in [5.74, 6) is -0.532. The number of nitrogens with one attached hydrogen (secondary N) is 2. The Morgan fingerprint density at radius 3 is 2.68 bits per heavy atom. The van der Waals surface area contributed by atoms with Gasteiger partial charge in [-0.1, -0.05) is 6.92 Å². The van der Waals surface area contributed by atoms with Crippen molar-refractivity contribution in [1.82, 2.24) is 15.2 Å². The second-order valence-electron chi connectivity index (χ2n) is 9.27. The standard InChI is InChI=1S/C25H26N6O3/c1-5-14-6-7-27-13-19(14)15-8-16-11-21(29-23(32)18-9-17(18)12-26)30-31-22(16)20(10-15)28-24(33)34-25(2,3)4/h6-8,10-11,13,17-18H,5,9H2,1-4H3,(H,28,33)(H,29,30,32). The summed E-state index contributed by atoms with van der Waals surface area (Å²) < 4.78 is 5.42. The van der Waals surface area contributed by atoms with Gasteiger partial charge in [0, 0.05) is 23.3 Å². The Hall–Kier alpha value is -4.06. The van der Waals surface area contributed by atoms with Crippen molar-refractivity contribution in [1.29, 1.82) is 5.26 Å². The molecule has 2 aromatic heterocycles. The molecule has 1 saturated carbocycles. The molecule has 1 aliphatic rings. The maximum atomic E-state index is 12.5. The van der Waals surface area contributed by atoms with E-state index in [9.17, 15) is 9.59 Å². The number of carbonyl (C=O) groups is 2. The van der Waals surface area contributed by atoms with Crippen molar-refractivity contribution in [3.05, 3.63) is 42.2 Å². The lowest BCUT2D eigenvalue weighted by Gasteiger charge is -2.20. The highest BCUT2D eigenvalue weighted by molar-refractivity contribution is 6.02. The first-order valence-corrected chi connectivity index (χ1v) is 11.1. The topological polar surface area (TPSA) is 130 Å². The van der Waals surface area contributed by atoms with Gasteiger partial charge in [0.2, 0.25) is 5.91 Å². The summed E-state index contributed by atoms with van der Waals surface area (Å²) in [6.07, 6.45) is 4.28. The molecule has 9 heteroatoms. The van der Waals surface area contributed by atoms with Crippen LogP contribution in [0.15, 0.2) is 36.7 Å². The van der Waals surface area contributed by atoms with Gasteiger partial charge in [-0.15, -0.1) is 10.2 Å². The van der Waals surface area contributed by atoms with Crippen LogP contribution < -0.4 is 10.6 Å². The summed E-state index contributed by atoms with van der Waals surface area (Å²) in [7, 11) is 0. The molecule has 2 amide bonds. The van der Waals surface area contributed by atoms with E-state index in [4.69, 9.17) is 10.00 Å². The van der Waals surface area contributed by atoms with Crippen LogP contribution >= 0.6 is 0 Å². The molecule has 4 rings (SSSR count). The van der Waals surface area contributed by atoms with E-state index in [1.807, 2.05) is 18.2 Å². The molecule has 0 spiro atoms. The number of nitrogens with zero attached hydrogens (tertiary/aromatic N) is 4. The average Bonchev–Trinajstić information content (AvgIpc) is 3.57. The minimum atomic E-state index is -0.663. The molecule has 2 atom stereocenters. The Labute approximate surface area is 197 Å². The van der Waals surface area contributed by atoms with E-state index in [1.165, 1.54) is 0 Å². The van der Waals surface area contributed by atoms with Gasteiger partial charge in [0.1, 0.15) is 11.1 Å². The number of benzene rings is 1. The molecule has 0 bridgehead atoms. The highest BCUT2D eigenvalue weighted by Crippen LogP contribution is 2.38. The van der Waals surface area contributed by atoms with E-state index >= 15 is 0 Å². The van der Waals surface area contributed by atoms with E-state index in [0.717, 1.165) is 23.1 Å². The molecule has 3 aromatic rings. The lowest BCUT2D eigenvalue weighted by atomic mass is 9.98. The summed E-state index contributed by atoms with van der Waals surface area (Å²) in [4.78, 5) is 29.2. The number of amides is 2. The second kappa shape index (κ2) is 9.06. The number of pyridine rings is 1. The van der Waals surface area contributed by atoms with E-state index in [1.54, 1.807) is 39.2 Å². The van der Waals surface area contributed by atoms with E-state index < -0.39 is 11.7 Å². The Balaban J connectivity index is 1.74. The summed E-state index contributed by atoms with van der Waals surface area (Å²) in [5.41, 5.74) is 3.09. The molecule has 0 aliphatic heterocycles. The first-order chi connectivity index (χ1) is 16.2. The number of hydrogen-bond donors (Lipinski definition) is 2. The Kier molecular flexibility index (Phi) is 6.16. The number of fused-ring (bicyclic) bond motifs is 1. The number of ether oxygens (including phenoxy) is 1. The number of carbonyl (C=O) groups excluding carboxylic acids is 2. The fourth-order valence-electron chi connectivity index (χ4n) is 3.72. The number of hydrogen-bond acceptors (Lipinski definition) is 7. The van der Waals surface area contributed by atoms with Crippen molar-refractivity contribution in [3.8, 4) is 17.2 Å². The van der Waals surface area contributed by atoms with Crippen LogP contribution in [0.1, 0.15) is 39.7 Å². The van der Waals surface area contributed by atoms with Gasteiger partial charge in [-0.3, -0.25) is 15.1 Å². The summed E-state index contributed by atoms with van der Waals surface area (Å²) in [6, 6.07) is 9.51. The highest BCUT2D eigenvalue weighted by atomic mass is 16.6. The maximum Gasteiger partial charge on any atom is 0.412 e. The number of nitriles is 1. The van der Waals surface area contributed by atoms with Crippen LogP contribution in [0, 0.1) is 23.2 Å². The quantitative estimate of drug-likeness (QED) is 0.567. The SMILES string of the molecule is CCc1ccncc1-c1cc(NC(=O)OC(C)(C)C)c2nnc(NC(=O)C3CC3C#N)cc2c1. The summed E-state index contributed by atoms with van der Waals surface area (Å²) in [6.45, 7) is 7.42. The Morgan fingerprint density at radius 1 is 1.21 bits per heavy atom. The molecule has 2 heterocycles. The van der Waals surface area contributed by atoms with Gasteiger partial charge in [0.15, 0.2) is 5.82 Å². The molecular weight excluding hydrogens is 432 g/mol. The van der Waals surface area contributed by atoms with Crippen LogP contribution in [0.2, 0.25) is 0 Å². The average molecular weight is 459 g/mol. The van der Waals surface area contributed by atoms with Crippen LogP contribution in [-0.4, -0.2) is 32.8 Å². The van der Waals surface area contributed by atoms with Gasteiger partial charge < -0.3 is 10.1 Å². The third-order valence-corrected chi connectivity index (χ3v) is 5.47. The van der Waals surface area contributed by atoms with E-state index in [0.29, 0.717) is 23.0 Å². The zero-order valence-electron chi connectivity index (χ0n) is 19.5. The summed E-state index contributed by atoms with van der Waals surface area (Å²) in [5, 5.41) is 23.6. The van der Waals surface area contributed by atoms with Crippen molar-refractivity contribution >= 4 is 34.4 Å². The number of anilines is 2. The van der Waals surface area contributed by atoms with Crippen molar-refractivity contribution < 1.29 is 14.3 Å². The van der Waals surface area contributed by atoms with E-state index in [2.05, 4.69) is 38.8 Å². The molecule has 1 aliphatic carbocycles. The minimum absolute atomic E-state index is 0.246. The predicted octanol–water partition coefficient (Wildman–Crippen LogP) is 4.70. The first-order valence-electron chi connectivity index (χ1n) is 11.1. The van der Waals surface area contributed by atoms with Gasteiger partial charge >= 0.3 is 6.09 Å². The minimum Gasteiger partial charge on any atom is -0.444 e. The molecule has 1 aromatic carbocycles. The molecule has 2 unspecified atom stereocenters. The lowest BCUT2D eigenvalue weighted by Crippen LogP contribution is -2.27. The smallest absolute Gasteiger partial charge is 0.412 e.